The van der Waals surface area contributed by atoms with E-state index in [4.69, 9.17) is 18.9 Å². The number of hydrogen-bond donors (Lipinski definition) is 0. The molecule has 0 aliphatic rings. The molecular formula is C24H44O14P2+2. The van der Waals surface area contributed by atoms with Crippen LogP contribution in [0.4, 0.5) is 0 Å². The van der Waals surface area contributed by atoms with E-state index < -0.39 is 89.2 Å². The van der Waals surface area contributed by atoms with Crippen molar-refractivity contribution in [3.05, 3.63) is 0 Å². The second-order valence-corrected chi connectivity index (χ2v) is 14.1. The van der Waals surface area contributed by atoms with Crippen LogP contribution < -0.4 is 0 Å². The second kappa shape index (κ2) is 17.7. The third kappa shape index (κ3) is 20.8. The molecular weight excluding hydrogens is 574 g/mol. The first-order valence-corrected chi connectivity index (χ1v) is 14.2. The molecule has 0 aliphatic carbocycles. The first-order valence-electron chi connectivity index (χ1n) is 12.0. The summed E-state index contributed by atoms with van der Waals surface area (Å²) in [7, 11) is -5.04. The fourth-order valence-corrected chi connectivity index (χ4v) is 2.14. The molecule has 0 atom stereocenters. The molecule has 0 unspecified atom stereocenters. The molecule has 16 heteroatoms. The molecule has 0 amide bonds. The van der Waals surface area contributed by atoms with E-state index in [1.54, 1.807) is 83.1 Å². The lowest BCUT2D eigenvalue weighted by molar-refractivity contribution is -0.163. The van der Waals surface area contributed by atoms with Crippen LogP contribution in [0.15, 0.2) is 0 Å². The molecule has 0 heterocycles. The van der Waals surface area contributed by atoms with Crippen LogP contribution >= 0.6 is 16.5 Å². The van der Waals surface area contributed by atoms with Crippen LogP contribution in [0.25, 0.3) is 0 Å². The minimum absolute atomic E-state index is 0.486. The summed E-state index contributed by atoms with van der Waals surface area (Å²) in [6.45, 7) is 18.2. The number of rotatable bonds is 12. The van der Waals surface area contributed by atoms with Crippen LogP contribution in [0.5, 0.6) is 0 Å². The molecule has 0 fully saturated rings. The third-order valence-corrected chi connectivity index (χ3v) is 5.11. The highest BCUT2D eigenvalue weighted by atomic mass is 31.1. The predicted octanol–water partition coefficient (Wildman–Crippen LogP) is 5.54. The van der Waals surface area contributed by atoms with E-state index in [9.17, 15) is 28.3 Å². The molecule has 0 rings (SSSR count). The number of esters is 4. The highest BCUT2D eigenvalue weighted by Gasteiger charge is 2.30. The Bertz CT molecular complexity index is 734. The summed E-state index contributed by atoms with van der Waals surface area (Å²) in [5, 5.41) is 0. The average Bonchev–Trinajstić information content (AvgIpc) is 2.76. The SMILES string of the molecule is CC(C)(C)C(=O)OCO[P+](=O)OCOC(=O)C(C)(C)C.CC(C)(C)C(=O)OCO[P+](=O)OCOC(=O)C(C)(C)C. The number of carbonyl (C=O) groups excluding carboxylic acids is 4. The third-order valence-electron chi connectivity index (χ3n) is 3.84. The lowest BCUT2D eigenvalue weighted by atomic mass is 9.98. The molecule has 0 aliphatic heterocycles. The summed E-state index contributed by atoms with van der Waals surface area (Å²) in [5.41, 5.74) is -2.67. The van der Waals surface area contributed by atoms with Crippen LogP contribution in [-0.2, 0) is 65.4 Å². The minimum atomic E-state index is -2.52. The Morgan fingerprint density at radius 3 is 0.675 bits per heavy atom. The van der Waals surface area contributed by atoms with E-state index >= 15 is 0 Å². The predicted molar refractivity (Wildman–Crippen MR) is 141 cm³/mol. The zero-order valence-corrected chi connectivity index (χ0v) is 27.2. The Balaban J connectivity index is 0. The summed E-state index contributed by atoms with van der Waals surface area (Å²) in [6, 6.07) is 0. The van der Waals surface area contributed by atoms with Crippen molar-refractivity contribution < 1.29 is 65.4 Å². The quantitative estimate of drug-likeness (QED) is 0.115. The molecule has 14 nitrogen and oxygen atoms in total. The van der Waals surface area contributed by atoms with E-state index in [0.29, 0.717) is 0 Å². The minimum Gasteiger partial charge on any atom is -0.433 e. The normalized spacial score (nSPS) is 11.9. The van der Waals surface area contributed by atoms with Crippen LogP contribution in [0, 0.1) is 21.7 Å². The smallest absolute Gasteiger partial charge is 0.433 e. The van der Waals surface area contributed by atoms with Crippen molar-refractivity contribution in [1.29, 1.82) is 0 Å². The summed E-state index contributed by atoms with van der Waals surface area (Å²) >= 11 is 0. The van der Waals surface area contributed by atoms with E-state index in [-0.39, 0.29) is 0 Å². The van der Waals surface area contributed by atoms with E-state index in [1.807, 2.05) is 0 Å². The van der Waals surface area contributed by atoms with Crippen molar-refractivity contribution in [3.63, 3.8) is 0 Å². The summed E-state index contributed by atoms with van der Waals surface area (Å²) in [6.07, 6.45) is 0. The summed E-state index contributed by atoms with van der Waals surface area (Å²) in [5.74, 6) is -1.94. The van der Waals surface area contributed by atoms with Crippen molar-refractivity contribution in [2.24, 2.45) is 21.7 Å². The molecule has 0 saturated heterocycles. The van der Waals surface area contributed by atoms with Gasteiger partial charge in [-0.2, -0.15) is 0 Å². The van der Waals surface area contributed by atoms with Gasteiger partial charge in [-0.05, 0) is 83.1 Å². The number of carbonyl (C=O) groups is 4. The van der Waals surface area contributed by atoms with Gasteiger partial charge in [0.1, 0.15) is 0 Å². The highest BCUT2D eigenvalue weighted by molar-refractivity contribution is 7.33. The molecule has 0 radical (unpaired) electrons. The Labute approximate surface area is 237 Å². The maximum Gasteiger partial charge on any atom is 0.704 e. The Morgan fingerprint density at radius 2 is 0.550 bits per heavy atom. The highest BCUT2D eigenvalue weighted by Crippen LogP contribution is 2.26. The van der Waals surface area contributed by atoms with Crippen LogP contribution in [0.3, 0.4) is 0 Å². The molecule has 0 aromatic heterocycles. The van der Waals surface area contributed by atoms with Gasteiger partial charge in [-0.1, -0.05) is 18.1 Å². The van der Waals surface area contributed by atoms with Crippen LogP contribution in [0.2, 0.25) is 0 Å². The molecule has 40 heavy (non-hydrogen) atoms. The van der Waals surface area contributed by atoms with Crippen molar-refractivity contribution in [2.45, 2.75) is 83.1 Å². The summed E-state index contributed by atoms with van der Waals surface area (Å²) in [4.78, 5) is 45.4. The Kier molecular flexibility index (Phi) is 17.7. The Morgan fingerprint density at radius 1 is 0.400 bits per heavy atom. The van der Waals surface area contributed by atoms with Gasteiger partial charge in [0.25, 0.3) is 0 Å². The Hall–Kier alpha value is -2.08. The molecule has 0 spiro atoms. The molecule has 0 N–H and O–H groups in total. The van der Waals surface area contributed by atoms with Crippen molar-refractivity contribution in [3.8, 4) is 0 Å². The fourth-order valence-electron chi connectivity index (χ4n) is 1.43. The fraction of sp³-hybridized carbons (Fsp3) is 0.833. The first-order chi connectivity index (χ1) is 17.9. The second-order valence-electron chi connectivity index (χ2n) is 12.2. The van der Waals surface area contributed by atoms with Crippen molar-refractivity contribution >= 4 is 40.4 Å². The maximum atomic E-state index is 11.4. The molecule has 0 bridgehead atoms. The lowest BCUT2D eigenvalue weighted by Gasteiger charge is -2.15. The van der Waals surface area contributed by atoms with Gasteiger partial charge in [-0.15, -0.1) is 0 Å². The summed E-state index contributed by atoms with van der Waals surface area (Å²) < 4.78 is 59.9. The van der Waals surface area contributed by atoms with E-state index in [1.165, 1.54) is 0 Å². The topological polar surface area (TPSA) is 176 Å². The molecule has 0 aromatic rings. The van der Waals surface area contributed by atoms with Crippen LogP contribution in [0.1, 0.15) is 83.1 Å². The van der Waals surface area contributed by atoms with Crippen LogP contribution in [-0.4, -0.2) is 51.0 Å². The lowest BCUT2D eigenvalue weighted by Crippen LogP contribution is -2.24. The molecule has 0 saturated carbocycles. The average molecular weight is 619 g/mol. The molecule has 0 aromatic carbocycles. The van der Waals surface area contributed by atoms with Crippen molar-refractivity contribution in [1.82, 2.24) is 0 Å². The van der Waals surface area contributed by atoms with E-state index in [0.717, 1.165) is 0 Å². The van der Waals surface area contributed by atoms with Gasteiger partial charge in [-0.25, -0.2) is 0 Å². The zero-order chi connectivity index (χ0) is 31.9. The van der Waals surface area contributed by atoms with Gasteiger partial charge >= 0.3 is 40.4 Å². The standard InChI is InChI=1S/2C12H22O7P/c2*1-11(2,3)9(13)16-7-18-20(15)19-8-17-10(14)12(4,5)6/h2*7-8H2,1-6H3/q2*+1. The van der Waals surface area contributed by atoms with Gasteiger partial charge < -0.3 is 18.9 Å². The molecule has 232 valence electrons. The largest absolute Gasteiger partial charge is 0.704 e. The van der Waals surface area contributed by atoms with Gasteiger partial charge in [0.15, 0.2) is 0 Å². The number of ether oxygens (including phenoxy) is 4. The van der Waals surface area contributed by atoms with Gasteiger partial charge in [-0.3, -0.25) is 19.2 Å². The zero-order valence-electron chi connectivity index (χ0n) is 25.4. The number of hydrogen-bond acceptors (Lipinski definition) is 14. The monoisotopic (exact) mass is 618 g/mol. The first kappa shape index (κ1) is 40.1. The maximum absolute atomic E-state index is 11.4. The van der Waals surface area contributed by atoms with Gasteiger partial charge in [0.2, 0.25) is 27.2 Å². The van der Waals surface area contributed by atoms with Gasteiger partial charge in [0, 0.05) is 9.13 Å². The van der Waals surface area contributed by atoms with E-state index in [2.05, 4.69) is 18.1 Å². The van der Waals surface area contributed by atoms with Crippen molar-refractivity contribution in [2.75, 3.05) is 27.2 Å². The van der Waals surface area contributed by atoms with Gasteiger partial charge in [0.05, 0.1) is 21.7 Å².